The van der Waals surface area contributed by atoms with Crippen molar-refractivity contribution < 1.29 is 4.79 Å². The van der Waals surface area contributed by atoms with E-state index in [0.29, 0.717) is 5.78 Å². The van der Waals surface area contributed by atoms with Gasteiger partial charge >= 0.3 is 0 Å². The fourth-order valence-electron chi connectivity index (χ4n) is 2.20. The molecule has 1 aliphatic carbocycles. The summed E-state index contributed by atoms with van der Waals surface area (Å²) in [4.78, 5) is 11.9. The largest absolute Gasteiger partial charge is 0.294 e. The molecule has 0 saturated carbocycles. The van der Waals surface area contributed by atoms with Crippen molar-refractivity contribution in [3.8, 4) is 0 Å². The number of hydrogen-bond donors (Lipinski definition) is 0. The summed E-state index contributed by atoms with van der Waals surface area (Å²) in [6.07, 6.45) is 4.38. The van der Waals surface area contributed by atoms with Crippen LogP contribution in [-0.4, -0.2) is 5.78 Å². The molecule has 1 atom stereocenters. The van der Waals surface area contributed by atoms with Crippen LogP contribution in [0.1, 0.15) is 42.1 Å². The molecule has 1 aromatic carbocycles. The predicted octanol–water partition coefficient (Wildman–Crippen LogP) is 3.23. The van der Waals surface area contributed by atoms with Crippen LogP contribution in [0.3, 0.4) is 0 Å². The van der Waals surface area contributed by atoms with Gasteiger partial charge in [-0.3, -0.25) is 4.79 Å². The quantitative estimate of drug-likeness (QED) is 0.711. The van der Waals surface area contributed by atoms with Crippen molar-refractivity contribution in [2.24, 2.45) is 5.92 Å². The molecule has 0 aliphatic heterocycles. The van der Waals surface area contributed by atoms with Gasteiger partial charge < -0.3 is 0 Å². The molecule has 0 bridgehead atoms. The Morgan fingerprint density at radius 2 is 2.14 bits per heavy atom. The van der Waals surface area contributed by atoms with Gasteiger partial charge in [0.2, 0.25) is 0 Å². The molecule has 14 heavy (non-hydrogen) atoms. The Labute approximate surface area is 85.1 Å². The third-order valence-corrected chi connectivity index (χ3v) is 3.03. The fraction of sp³-hybridized carbons (Fsp3) is 0.462. The number of rotatable bonds is 3. The molecule has 0 N–H and O–H groups in total. The van der Waals surface area contributed by atoms with Crippen LogP contribution in [0.25, 0.3) is 0 Å². The van der Waals surface area contributed by atoms with Gasteiger partial charge in [0.05, 0.1) is 0 Å². The highest BCUT2D eigenvalue weighted by atomic mass is 16.1. The lowest BCUT2D eigenvalue weighted by Gasteiger charge is -2.05. The fourth-order valence-corrected chi connectivity index (χ4v) is 2.20. The minimum absolute atomic E-state index is 0.271. The monoisotopic (exact) mass is 188 g/mol. The Morgan fingerprint density at radius 1 is 1.36 bits per heavy atom. The standard InChI is InChI=1S/C13H16O/c1-2-3-6-11-9-10-7-4-5-8-12(10)13(11)14/h4-5,7-8,11H,2-3,6,9H2,1H3/t11-/m1/s1. The van der Waals surface area contributed by atoms with Crippen molar-refractivity contribution in [3.05, 3.63) is 35.4 Å². The zero-order chi connectivity index (χ0) is 9.97. The second-order valence-corrected chi connectivity index (χ2v) is 4.06. The smallest absolute Gasteiger partial charge is 0.166 e. The molecule has 0 radical (unpaired) electrons. The number of unbranched alkanes of at least 4 members (excludes halogenated alkanes) is 1. The van der Waals surface area contributed by atoms with E-state index in [1.165, 1.54) is 18.4 Å². The summed E-state index contributed by atoms with van der Waals surface area (Å²) >= 11 is 0. The van der Waals surface area contributed by atoms with Gasteiger partial charge in [-0.15, -0.1) is 0 Å². The summed E-state index contributed by atoms with van der Waals surface area (Å²) in [6.45, 7) is 2.17. The molecule has 0 aromatic heterocycles. The van der Waals surface area contributed by atoms with E-state index in [0.717, 1.165) is 18.4 Å². The zero-order valence-corrected chi connectivity index (χ0v) is 8.62. The van der Waals surface area contributed by atoms with Crippen LogP contribution in [-0.2, 0) is 6.42 Å². The summed E-state index contributed by atoms with van der Waals surface area (Å²) in [6, 6.07) is 8.02. The molecular formula is C13H16O. The average Bonchev–Trinajstić information content (AvgIpc) is 2.54. The number of Topliss-reactive ketones (excluding diaryl/α,β-unsaturated/α-hetero) is 1. The first kappa shape index (κ1) is 9.45. The summed E-state index contributed by atoms with van der Waals surface area (Å²) < 4.78 is 0. The molecule has 0 heterocycles. The van der Waals surface area contributed by atoms with Crippen LogP contribution in [0, 0.1) is 5.92 Å². The molecule has 0 unspecified atom stereocenters. The third kappa shape index (κ3) is 1.59. The highest BCUT2D eigenvalue weighted by molar-refractivity contribution is 6.02. The van der Waals surface area contributed by atoms with Gasteiger partial charge in [-0.05, 0) is 18.4 Å². The van der Waals surface area contributed by atoms with E-state index in [-0.39, 0.29) is 5.92 Å². The Kier molecular flexibility index (Phi) is 2.67. The SMILES string of the molecule is CCCC[C@@H]1Cc2ccccc2C1=O. The molecule has 0 saturated heterocycles. The maximum absolute atomic E-state index is 11.9. The first-order chi connectivity index (χ1) is 6.83. The first-order valence-corrected chi connectivity index (χ1v) is 5.45. The van der Waals surface area contributed by atoms with E-state index in [1.807, 2.05) is 18.2 Å². The van der Waals surface area contributed by atoms with Crippen molar-refractivity contribution in [2.75, 3.05) is 0 Å². The summed E-state index contributed by atoms with van der Waals surface area (Å²) in [5.74, 6) is 0.640. The van der Waals surface area contributed by atoms with Gasteiger partial charge in [-0.25, -0.2) is 0 Å². The minimum atomic E-state index is 0.271. The highest BCUT2D eigenvalue weighted by Crippen LogP contribution is 2.29. The second-order valence-electron chi connectivity index (χ2n) is 4.06. The molecule has 1 heteroatoms. The van der Waals surface area contributed by atoms with Gasteiger partial charge in [-0.1, -0.05) is 44.0 Å². The summed E-state index contributed by atoms with van der Waals surface area (Å²) in [5, 5.41) is 0. The Morgan fingerprint density at radius 3 is 2.86 bits per heavy atom. The molecule has 1 nitrogen and oxygen atoms in total. The van der Waals surface area contributed by atoms with Crippen LogP contribution < -0.4 is 0 Å². The molecule has 0 amide bonds. The number of ketones is 1. The van der Waals surface area contributed by atoms with Crippen LogP contribution >= 0.6 is 0 Å². The summed E-state index contributed by atoms with van der Waals surface area (Å²) in [5.41, 5.74) is 2.22. The van der Waals surface area contributed by atoms with Gasteiger partial charge in [0.25, 0.3) is 0 Å². The van der Waals surface area contributed by atoms with Crippen molar-refractivity contribution >= 4 is 5.78 Å². The van der Waals surface area contributed by atoms with Crippen LogP contribution in [0.5, 0.6) is 0 Å². The highest BCUT2D eigenvalue weighted by Gasteiger charge is 2.28. The maximum atomic E-state index is 11.9. The van der Waals surface area contributed by atoms with E-state index in [9.17, 15) is 4.79 Å². The number of benzene rings is 1. The van der Waals surface area contributed by atoms with Crippen LogP contribution in [0.15, 0.2) is 24.3 Å². The van der Waals surface area contributed by atoms with Crippen LogP contribution in [0.2, 0.25) is 0 Å². The van der Waals surface area contributed by atoms with E-state index < -0.39 is 0 Å². The van der Waals surface area contributed by atoms with E-state index in [2.05, 4.69) is 13.0 Å². The molecule has 0 spiro atoms. The van der Waals surface area contributed by atoms with Crippen molar-refractivity contribution in [3.63, 3.8) is 0 Å². The molecule has 0 fully saturated rings. The van der Waals surface area contributed by atoms with E-state index >= 15 is 0 Å². The molecule has 1 aliphatic rings. The lowest BCUT2D eigenvalue weighted by atomic mass is 9.98. The lowest BCUT2D eigenvalue weighted by molar-refractivity contribution is 0.0929. The number of fused-ring (bicyclic) bond motifs is 1. The Bertz CT molecular complexity index is 341. The molecular weight excluding hydrogens is 172 g/mol. The lowest BCUT2D eigenvalue weighted by Crippen LogP contribution is -2.08. The number of carbonyl (C=O) groups excluding carboxylic acids is 1. The normalized spacial score (nSPS) is 19.8. The number of hydrogen-bond acceptors (Lipinski definition) is 1. The van der Waals surface area contributed by atoms with Crippen molar-refractivity contribution in [2.45, 2.75) is 32.6 Å². The zero-order valence-electron chi connectivity index (χ0n) is 8.62. The van der Waals surface area contributed by atoms with E-state index in [1.54, 1.807) is 0 Å². The maximum Gasteiger partial charge on any atom is 0.166 e. The van der Waals surface area contributed by atoms with Gasteiger partial charge in [0.1, 0.15) is 0 Å². The second kappa shape index (κ2) is 3.95. The van der Waals surface area contributed by atoms with Crippen molar-refractivity contribution in [1.29, 1.82) is 0 Å². The predicted molar refractivity (Wildman–Crippen MR) is 57.5 cm³/mol. The number of carbonyl (C=O) groups is 1. The third-order valence-electron chi connectivity index (χ3n) is 3.03. The molecule has 74 valence electrons. The minimum Gasteiger partial charge on any atom is -0.294 e. The summed E-state index contributed by atoms with van der Waals surface area (Å²) in [7, 11) is 0. The van der Waals surface area contributed by atoms with Gasteiger partial charge in [0.15, 0.2) is 5.78 Å². The first-order valence-electron chi connectivity index (χ1n) is 5.45. The van der Waals surface area contributed by atoms with Gasteiger partial charge in [0, 0.05) is 11.5 Å². The Hall–Kier alpha value is -1.11. The molecule has 1 aromatic rings. The molecule has 2 rings (SSSR count). The van der Waals surface area contributed by atoms with Gasteiger partial charge in [-0.2, -0.15) is 0 Å². The topological polar surface area (TPSA) is 17.1 Å². The average molecular weight is 188 g/mol. The van der Waals surface area contributed by atoms with Crippen LogP contribution in [0.4, 0.5) is 0 Å². The van der Waals surface area contributed by atoms with Crippen molar-refractivity contribution in [1.82, 2.24) is 0 Å². The van der Waals surface area contributed by atoms with E-state index in [4.69, 9.17) is 0 Å². The Balaban J connectivity index is 2.13.